The Balaban J connectivity index is 1.67. The van der Waals surface area contributed by atoms with Gasteiger partial charge in [-0.3, -0.25) is 9.59 Å². The highest BCUT2D eigenvalue weighted by Gasteiger charge is 2.51. The number of hydrogen-bond donors (Lipinski definition) is 3. The second-order valence-corrected chi connectivity index (χ2v) is 14.3. The number of benzene rings is 1. The normalized spacial score (nSPS) is 23.9. The minimum absolute atomic E-state index is 0.0594. The van der Waals surface area contributed by atoms with Gasteiger partial charge in [-0.15, -0.1) is 0 Å². The quantitative estimate of drug-likeness (QED) is 0.221. The van der Waals surface area contributed by atoms with E-state index in [0.29, 0.717) is 12.5 Å². The van der Waals surface area contributed by atoms with E-state index in [1.54, 1.807) is 0 Å². The van der Waals surface area contributed by atoms with E-state index >= 15 is 0 Å². The molecule has 224 valence electrons. The summed E-state index contributed by atoms with van der Waals surface area (Å²) in [4.78, 5) is 26.5. The van der Waals surface area contributed by atoms with Gasteiger partial charge in [-0.05, 0) is 111 Å². The Labute approximate surface area is 247 Å². The Bertz CT molecular complexity index is 987. The van der Waals surface area contributed by atoms with E-state index in [1.807, 2.05) is 45.0 Å². The third-order valence-corrected chi connectivity index (χ3v) is 9.04. The van der Waals surface area contributed by atoms with Crippen molar-refractivity contribution >= 4 is 30.5 Å². The molecule has 1 saturated heterocycles. The SMILES string of the molecule is CC(=O)NC(CCCCB1OC(C)(C)C(C)(C)O1)(C(=O)NC(C)(C)C)C1CCC(NCc2ccc(Cl)cc2)CC1. The summed E-state index contributed by atoms with van der Waals surface area (Å²) in [6.07, 6.45) is 6.62. The first-order valence-electron chi connectivity index (χ1n) is 15.0. The Morgan fingerprint density at radius 1 is 0.950 bits per heavy atom. The molecule has 1 aromatic carbocycles. The number of amides is 2. The van der Waals surface area contributed by atoms with E-state index in [1.165, 1.54) is 12.5 Å². The van der Waals surface area contributed by atoms with Gasteiger partial charge in [-0.25, -0.2) is 0 Å². The zero-order chi connectivity index (χ0) is 29.8. The first-order chi connectivity index (χ1) is 18.5. The lowest BCUT2D eigenvalue weighted by atomic mass is 9.69. The van der Waals surface area contributed by atoms with Crippen LogP contribution in [0.5, 0.6) is 0 Å². The van der Waals surface area contributed by atoms with Crippen LogP contribution in [0.3, 0.4) is 0 Å². The fourth-order valence-electron chi connectivity index (χ4n) is 5.94. The fraction of sp³-hybridized carbons (Fsp3) is 0.742. The van der Waals surface area contributed by atoms with Crippen molar-refractivity contribution in [3.63, 3.8) is 0 Å². The lowest BCUT2D eigenvalue weighted by Gasteiger charge is -2.44. The molecule has 1 aliphatic carbocycles. The number of halogens is 1. The molecule has 2 aliphatic rings. The van der Waals surface area contributed by atoms with Gasteiger partial charge >= 0.3 is 7.12 Å². The number of hydrogen-bond acceptors (Lipinski definition) is 5. The van der Waals surface area contributed by atoms with E-state index in [9.17, 15) is 9.59 Å². The summed E-state index contributed by atoms with van der Waals surface area (Å²) in [5.41, 5.74) is -0.864. The molecule has 2 amide bonds. The molecule has 40 heavy (non-hydrogen) atoms. The Morgan fingerprint density at radius 2 is 1.52 bits per heavy atom. The van der Waals surface area contributed by atoms with E-state index in [2.05, 4.69) is 43.6 Å². The van der Waals surface area contributed by atoms with E-state index in [-0.39, 0.29) is 36.1 Å². The van der Waals surface area contributed by atoms with Crippen molar-refractivity contribution in [3.05, 3.63) is 34.9 Å². The predicted molar refractivity (Wildman–Crippen MR) is 163 cm³/mol. The molecule has 1 heterocycles. The van der Waals surface area contributed by atoms with Crippen molar-refractivity contribution in [2.24, 2.45) is 5.92 Å². The summed E-state index contributed by atoms with van der Waals surface area (Å²) in [6, 6.07) is 8.29. The average Bonchev–Trinajstić information content (AvgIpc) is 3.05. The number of unbranched alkanes of at least 4 members (excludes halogenated alkanes) is 1. The van der Waals surface area contributed by atoms with Gasteiger partial charge in [0.05, 0.1) is 11.2 Å². The minimum atomic E-state index is -0.948. The molecule has 3 rings (SSSR count). The van der Waals surface area contributed by atoms with Crippen LogP contribution < -0.4 is 16.0 Å². The van der Waals surface area contributed by atoms with Gasteiger partial charge in [0.1, 0.15) is 5.54 Å². The second kappa shape index (κ2) is 13.1. The maximum absolute atomic E-state index is 14.0. The Hall–Kier alpha value is -1.61. The molecule has 0 radical (unpaired) electrons. The molecular weight excluding hydrogens is 525 g/mol. The Morgan fingerprint density at radius 3 is 2.05 bits per heavy atom. The second-order valence-electron chi connectivity index (χ2n) is 13.8. The summed E-state index contributed by atoms with van der Waals surface area (Å²) < 4.78 is 12.4. The molecule has 7 nitrogen and oxygen atoms in total. The van der Waals surface area contributed by atoms with Gasteiger partial charge in [0.15, 0.2) is 0 Å². The first kappa shape index (κ1) is 32.9. The predicted octanol–water partition coefficient (Wildman–Crippen LogP) is 6.04. The van der Waals surface area contributed by atoms with E-state index < -0.39 is 11.1 Å². The van der Waals surface area contributed by atoms with Crippen LogP contribution in [-0.2, 0) is 25.4 Å². The third-order valence-electron chi connectivity index (χ3n) is 8.79. The topological polar surface area (TPSA) is 88.7 Å². The maximum atomic E-state index is 14.0. The highest BCUT2D eigenvalue weighted by molar-refractivity contribution is 6.45. The molecule has 9 heteroatoms. The molecule has 2 fully saturated rings. The maximum Gasteiger partial charge on any atom is 0.457 e. The van der Waals surface area contributed by atoms with Crippen molar-refractivity contribution in [2.45, 2.75) is 142 Å². The summed E-state index contributed by atoms with van der Waals surface area (Å²) in [5.74, 6) is -0.189. The summed E-state index contributed by atoms with van der Waals surface area (Å²) in [6.45, 7) is 16.5. The van der Waals surface area contributed by atoms with Crippen molar-refractivity contribution in [2.75, 3.05) is 0 Å². The summed E-state index contributed by atoms with van der Waals surface area (Å²) >= 11 is 6.03. The van der Waals surface area contributed by atoms with Crippen LogP contribution in [-0.4, -0.2) is 47.3 Å². The average molecular weight is 576 g/mol. The van der Waals surface area contributed by atoms with Gasteiger partial charge in [-0.1, -0.05) is 36.6 Å². The van der Waals surface area contributed by atoms with Crippen LogP contribution in [0, 0.1) is 5.92 Å². The third kappa shape index (κ3) is 8.70. The molecule has 3 N–H and O–H groups in total. The zero-order valence-electron chi connectivity index (χ0n) is 25.9. The van der Waals surface area contributed by atoms with Crippen LogP contribution in [0.25, 0.3) is 0 Å². The van der Waals surface area contributed by atoms with Gasteiger partial charge < -0.3 is 25.3 Å². The lowest BCUT2D eigenvalue weighted by molar-refractivity contribution is -0.138. The van der Waals surface area contributed by atoms with Crippen LogP contribution in [0.15, 0.2) is 24.3 Å². The molecule has 0 bridgehead atoms. The number of nitrogens with one attached hydrogen (secondary N) is 3. The molecule has 1 atom stereocenters. The van der Waals surface area contributed by atoms with Gasteiger partial charge in [0.25, 0.3) is 0 Å². The monoisotopic (exact) mass is 575 g/mol. The largest absolute Gasteiger partial charge is 0.457 e. The minimum Gasteiger partial charge on any atom is -0.403 e. The Kier molecular flexibility index (Phi) is 10.8. The van der Waals surface area contributed by atoms with Gasteiger partial charge in [0, 0.05) is 30.1 Å². The molecular formula is C31H51BClN3O4. The number of rotatable bonds is 11. The van der Waals surface area contributed by atoms with Crippen molar-refractivity contribution < 1.29 is 18.9 Å². The van der Waals surface area contributed by atoms with Gasteiger partial charge in [-0.2, -0.15) is 0 Å². The molecule has 0 spiro atoms. The van der Waals surface area contributed by atoms with Gasteiger partial charge in [0.2, 0.25) is 11.8 Å². The molecule has 1 aliphatic heterocycles. The zero-order valence-corrected chi connectivity index (χ0v) is 26.7. The fourth-order valence-corrected chi connectivity index (χ4v) is 6.07. The standard InChI is InChI=1S/C31H51BClN3O4/c1-22(37)35-31(27(38)36-28(2,3)4,19-9-10-20-32-39-29(5,6)30(7,8)40-32)24-13-17-26(18-14-24)34-21-23-11-15-25(33)16-12-23/h11-12,15-16,24,26,34H,9-10,13-14,17-21H2,1-8H3,(H,35,37)(H,36,38). The van der Waals surface area contributed by atoms with E-state index in [4.69, 9.17) is 20.9 Å². The smallest absolute Gasteiger partial charge is 0.403 e. The lowest BCUT2D eigenvalue weighted by Crippen LogP contribution is -2.65. The van der Waals surface area contributed by atoms with Crippen molar-refractivity contribution in [1.82, 2.24) is 16.0 Å². The van der Waals surface area contributed by atoms with Crippen molar-refractivity contribution in [3.8, 4) is 0 Å². The number of carbonyl (C=O) groups is 2. The van der Waals surface area contributed by atoms with Crippen LogP contribution in [0.2, 0.25) is 11.3 Å². The summed E-state index contributed by atoms with van der Waals surface area (Å²) in [7, 11) is -0.259. The van der Waals surface area contributed by atoms with Crippen molar-refractivity contribution in [1.29, 1.82) is 0 Å². The van der Waals surface area contributed by atoms with Crippen LogP contribution in [0.1, 0.15) is 106 Å². The molecule has 0 aromatic heterocycles. The summed E-state index contributed by atoms with van der Waals surface area (Å²) in [5, 5.41) is 10.8. The first-order valence-corrected chi connectivity index (χ1v) is 15.4. The molecule has 1 aromatic rings. The molecule has 1 saturated carbocycles. The highest BCUT2D eigenvalue weighted by atomic mass is 35.5. The van der Waals surface area contributed by atoms with E-state index in [0.717, 1.165) is 56.4 Å². The van der Waals surface area contributed by atoms with Crippen LogP contribution >= 0.6 is 11.6 Å². The number of carbonyl (C=O) groups excluding carboxylic acids is 2. The van der Waals surface area contributed by atoms with Crippen LogP contribution in [0.4, 0.5) is 0 Å². The molecule has 1 unspecified atom stereocenters. The highest BCUT2D eigenvalue weighted by Crippen LogP contribution is 2.40.